The van der Waals surface area contributed by atoms with Gasteiger partial charge in [-0.15, -0.1) is 0 Å². The van der Waals surface area contributed by atoms with Crippen molar-refractivity contribution in [2.75, 3.05) is 39.2 Å². The van der Waals surface area contributed by atoms with E-state index in [0.29, 0.717) is 43.3 Å². The Hall–Kier alpha value is -3.09. The molecule has 38 heavy (non-hydrogen) atoms. The highest BCUT2D eigenvalue weighted by Crippen LogP contribution is 2.40. The van der Waals surface area contributed by atoms with Gasteiger partial charge in [-0.2, -0.15) is 12.7 Å². The lowest BCUT2D eigenvalue weighted by atomic mass is 10.0. The van der Waals surface area contributed by atoms with Crippen LogP contribution in [0.4, 0.5) is 5.69 Å². The highest BCUT2D eigenvalue weighted by Gasteiger charge is 2.38. The molecule has 0 spiro atoms. The molecule has 0 unspecified atom stereocenters. The molecule has 1 aromatic heterocycles. The van der Waals surface area contributed by atoms with Gasteiger partial charge in [-0.05, 0) is 30.4 Å². The summed E-state index contributed by atoms with van der Waals surface area (Å²) in [5.41, 5.74) is 1.16. The fourth-order valence-corrected chi connectivity index (χ4v) is 5.71. The molecule has 2 atom stereocenters. The summed E-state index contributed by atoms with van der Waals surface area (Å²) in [6, 6.07) is 5.64. The number of ether oxygens (including phenoxy) is 4. The first kappa shape index (κ1) is 29.5. The number of nitrogens with zero attached hydrogens (tertiary/aromatic N) is 2. The molecule has 2 heterocycles. The molecule has 210 valence electrons. The highest BCUT2D eigenvalue weighted by atomic mass is 32.2. The second-order valence-electron chi connectivity index (χ2n) is 9.38. The zero-order valence-electron chi connectivity index (χ0n) is 22.6. The number of rotatable bonds is 13. The van der Waals surface area contributed by atoms with Gasteiger partial charge in [0.25, 0.3) is 0 Å². The number of hydrogen-bond donors (Lipinski definition) is 2. The Morgan fingerprint density at radius 1 is 1.13 bits per heavy atom. The van der Waals surface area contributed by atoms with Crippen LogP contribution < -0.4 is 24.2 Å². The topological polar surface area (TPSA) is 128 Å². The number of benzene rings is 1. The number of aromatic nitrogens is 1. The van der Waals surface area contributed by atoms with Crippen LogP contribution in [0.25, 0.3) is 0 Å². The summed E-state index contributed by atoms with van der Waals surface area (Å²) in [6.45, 7) is 4.86. The molecular formula is C26H38N4O7S. The van der Waals surface area contributed by atoms with Gasteiger partial charge in [-0.1, -0.05) is 26.3 Å². The average molecular weight is 551 g/mol. The van der Waals surface area contributed by atoms with Crippen molar-refractivity contribution in [3.05, 3.63) is 42.2 Å². The maximum Gasteiger partial charge on any atom is 0.302 e. The lowest BCUT2D eigenvalue weighted by Gasteiger charge is -2.35. The van der Waals surface area contributed by atoms with Gasteiger partial charge in [-0.3, -0.25) is 14.5 Å². The van der Waals surface area contributed by atoms with Crippen molar-refractivity contribution in [2.45, 2.75) is 51.8 Å². The number of hydrogen-bond acceptors (Lipinski definition) is 8. The molecule has 2 aromatic rings. The van der Waals surface area contributed by atoms with E-state index in [9.17, 15) is 13.2 Å². The van der Waals surface area contributed by atoms with Gasteiger partial charge in [0.15, 0.2) is 11.5 Å². The Kier molecular flexibility index (Phi) is 10.6. The van der Waals surface area contributed by atoms with Gasteiger partial charge >= 0.3 is 10.2 Å². The van der Waals surface area contributed by atoms with E-state index in [-0.39, 0.29) is 30.1 Å². The highest BCUT2D eigenvalue weighted by molar-refractivity contribution is 7.90. The van der Waals surface area contributed by atoms with Crippen LogP contribution in [0, 0.1) is 5.92 Å². The van der Waals surface area contributed by atoms with Gasteiger partial charge in [0.1, 0.15) is 6.04 Å². The molecule has 0 aliphatic carbocycles. The summed E-state index contributed by atoms with van der Waals surface area (Å²) in [5, 5.41) is 3.02. The average Bonchev–Trinajstić information content (AvgIpc) is 2.92. The minimum atomic E-state index is -4.08. The van der Waals surface area contributed by atoms with Crippen molar-refractivity contribution in [3.63, 3.8) is 0 Å². The van der Waals surface area contributed by atoms with Crippen molar-refractivity contribution >= 4 is 21.8 Å². The third-order valence-electron chi connectivity index (χ3n) is 6.40. The summed E-state index contributed by atoms with van der Waals surface area (Å²) in [4.78, 5) is 17.5. The number of carbonyl (C=O) groups excluding carboxylic acids is 1. The first-order valence-corrected chi connectivity index (χ1v) is 14.0. The molecule has 1 aromatic carbocycles. The number of anilines is 1. The van der Waals surface area contributed by atoms with Crippen molar-refractivity contribution in [1.29, 1.82) is 0 Å². The van der Waals surface area contributed by atoms with Crippen LogP contribution in [-0.4, -0.2) is 70.2 Å². The third-order valence-corrected chi connectivity index (χ3v) is 7.95. The second-order valence-corrected chi connectivity index (χ2v) is 11.0. The van der Waals surface area contributed by atoms with Crippen molar-refractivity contribution in [1.82, 2.24) is 14.6 Å². The van der Waals surface area contributed by atoms with E-state index < -0.39 is 16.3 Å². The maximum absolute atomic E-state index is 13.5. The zero-order valence-corrected chi connectivity index (χ0v) is 23.4. The molecule has 1 aliphatic heterocycles. The molecule has 11 nitrogen and oxygen atoms in total. The molecule has 0 bridgehead atoms. The maximum atomic E-state index is 13.5. The standard InChI is InChI=1S/C26H38N4O7S/c1-18(2)21(17-37-16-19-9-8-11-27-15-19)28-26(31)22-10-6-7-12-30(22)38(32,33)29-20-13-23(34-3)25(36-5)24(14-20)35-4/h8-9,11,13-15,18,21-22,29H,6-7,10,12,16-17H2,1-5H3,(H,28,31)/t21-,22+/m1/s1. The molecule has 2 N–H and O–H groups in total. The lowest BCUT2D eigenvalue weighted by Crippen LogP contribution is -2.56. The van der Waals surface area contributed by atoms with E-state index in [4.69, 9.17) is 18.9 Å². The zero-order chi connectivity index (χ0) is 27.7. The van der Waals surface area contributed by atoms with Gasteiger partial charge in [0.2, 0.25) is 11.7 Å². The largest absolute Gasteiger partial charge is 0.493 e. The molecule has 0 saturated carbocycles. The smallest absolute Gasteiger partial charge is 0.302 e. The van der Waals surface area contributed by atoms with Crippen molar-refractivity contribution in [2.24, 2.45) is 5.92 Å². The number of amides is 1. The molecule has 1 fully saturated rings. The molecule has 3 rings (SSSR count). The summed E-state index contributed by atoms with van der Waals surface area (Å²) in [5.74, 6) is 0.702. The summed E-state index contributed by atoms with van der Waals surface area (Å²) in [7, 11) is 0.292. The molecule has 1 saturated heterocycles. The number of methoxy groups -OCH3 is 3. The van der Waals surface area contributed by atoms with Gasteiger partial charge in [0, 0.05) is 31.1 Å². The fraction of sp³-hybridized carbons (Fsp3) is 0.538. The Balaban J connectivity index is 1.72. The minimum Gasteiger partial charge on any atom is -0.493 e. The summed E-state index contributed by atoms with van der Waals surface area (Å²) >= 11 is 0. The minimum absolute atomic E-state index is 0.0823. The normalized spacial score (nSPS) is 17.1. The van der Waals surface area contributed by atoms with Gasteiger partial charge in [-0.25, -0.2) is 0 Å². The lowest BCUT2D eigenvalue weighted by molar-refractivity contribution is -0.127. The number of piperidine rings is 1. The number of pyridine rings is 1. The first-order chi connectivity index (χ1) is 18.2. The molecular weight excluding hydrogens is 512 g/mol. The van der Waals surface area contributed by atoms with Crippen LogP contribution in [0.3, 0.4) is 0 Å². The van der Waals surface area contributed by atoms with E-state index in [1.165, 1.54) is 37.8 Å². The summed E-state index contributed by atoms with van der Waals surface area (Å²) < 4.78 is 52.5. The van der Waals surface area contributed by atoms with Crippen LogP contribution in [0.15, 0.2) is 36.7 Å². The molecule has 0 radical (unpaired) electrons. The van der Waals surface area contributed by atoms with E-state index in [1.54, 1.807) is 12.4 Å². The number of nitrogens with one attached hydrogen (secondary N) is 2. The Labute approximate surface area is 225 Å². The van der Waals surface area contributed by atoms with Crippen LogP contribution in [0.1, 0.15) is 38.7 Å². The molecule has 1 aliphatic rings. The Morgan fingerprint density at radius 2 is 1.84 bits per heavy atom. The van der Waals surface area contributed by atoms with Crippen LogP contribution in [0.2, 0.25) is 0 Å². The molecule has 12 heteroatoms. The first-order valence-electron chi connectivity index (χ1n) is 12.6. The van der Waals surface area contributed by atoms with Crippen molar-refractivity contribution < 1.29 is 32.2 Å². The monoisotopic (exact) mass is 550 g/mol. The third kappa shape index (κ3) is 7.49. The second kappa shape index (κ2) is 13.6. The van der Waals surface area contributed by atoms with E-state index in [0.717, 1.165) is 12.0 Å². The van der Waals surface area contributed by atoms with Crippen LogP contribution >= 0.6 is 0 Å². The predicted molar refractivity (Wildman–Crippen MR) is 144 cm³/mol. The Morgan fingerprint density at radius 3 is 2.42 bits per heavy atom. The number of carbonyl (C=O) groups is 1. The fourth-order valence-electron chi connectivity index (χ4n) is 4.27. The van der Waals surface area contributed by atoms with Crippen LogP contribution in [0.5, 0.6) is 17.2 Å². The van der Waals surface area contributed by atoms with E-state index in [1.807, 2.05) is 26.0 Å². The Bertz CT molecular complexity index is 1140. The van der Waals surface area contributed by atoms with Crippen molar-refractivity contribution in [3.8, 4) is 17.2 Å². The summed E-state index contributed by atoms with van der Waals surface area (Å²) in [6.07, 6.45) is 5.25. The predicted octanol–water partition coefficient (Wildman–Crippen LogP) is 2.98. The van der Waals surface area contributed by atoms with Gasteiger partial charge < -0.3 is 24.3 Å². The SMILES string of the molecule is COc1cc(NS(=O)(=O)N2CCCC[C@H]2C(=O)N[C@H](COCc2cccnc2)C(C)C)cc(OC)c1OC. The van der Waals surface area contributed by atoms with E-state index >= 15 is 0 Å². The quantitative estimate of drug-likeness (QED) is 0.390. The van der Waals surface area contributed by atoms with Crippen LogP contribution in [-0.2, 0) is 26.3 Å². The van der Waals surface area contributed by atoms with Gasteiger partial charge in [0.05, 0.1) is 46.3 Å². The molecule has 1 amide bonds. The van der Waals surface area contributed by atoms with E-state index in [2.05, 4.69) is 15.0 Å².